The van der Waals surface area contributed by atoms with E-state index in [1.54, 1.807) is 22.7 Å². The molecule has 0 bridgehead atoms. The molecule has 0 aliphatic carbocycles. The van der Waals surface area contributed by atoms with Crippen molar-refractivity contribution in [2.75, 3.05) is 24.3 Å². The lowest BCUT2D eigenvalue weighted by atomic mass is 10.1. The van der Waals surface area contributed by atoms with Crippen molar-refractivity contribution in [3.05, 3.63) is 53.8 Å². The predicted molar refractivity (Wildman–Crippen MR) is 81.8 cm³/mol. The van der Waals surface area contributed by atoms with Crippen LogP contribution in [0, 0.1) is 5.82 Å². The largest absolute Gasteiger partial charge is 0.494 e. The molecule has 0 saturated carbocycles. The maximum atomic E-state index is 13.8. The molecule has 0 aromatic heterocycles. The zero-order chi connectivity index (χ0) is 14.8. The molecule has 3 rings (SSSR count). The molecule has 0 N–H and O–H groups in total. The molecule has 108 valence electrons. The molecule has 0 saturated heterocycles. The molecule has 1 aliphatic heterocycles. The number of fused-ring (bicyclic) bond motifs is 1. The summed E-state index contributed by atoms with van der Waals surface area (Å²) >= 11 is 1.73. The van der Waals surface area contributed by atoms with Gasteiger partial charge in [-0.3, -0.25) is 4.79 Å². The third kappa shape index (κ3) is 2.61. The number of benzene rings is 2. The Morgan fingerprint density at radius 2 is 2.10 bits per heavy atom. The van der Waals surface area contributed by atoms with Crippen LogP contribution in [0.25, 0.3) is 0 Å². The van der Waals surface area contributed by atoms with Crippen LogP contribution < -0.4 is 9.64 Å². The molecule has 0 unspecified atom stereocenters. The molecule has 0 radical (unpaired) electrons. The summed E-state index contributed by atoms with van der Waals surface area (Å²) in [6, 6.07) is 12.1. The minimum absolute atomic E-state index is 0.140. The van der Waals surface area contributed by atoms with Gasteiger partial charge >= 0.3 is 0 Å². The smallest absolute Gasteiger partial charge is 0.258 e. The van der Waals surface area contributed by atoms with E-state index in [2.05, 4.69) is 0 Å². The van der Waals surface area contributed by atoms with Gasteiger partial charge in [0.15, 0.2) is 11.6 Å². The number of para-hydroxylation sites is 1. The highest BCUT2D eigenvalue weighted by Gasteiger charge is 2.24. The standard InChI is InChI=1S/C16H14FNO2S/c1-20-14-7-6-11(10-12(14)17)16(19)18-8-9-21-15-5-3-2-4-13(15)18/h2-7,10H,8-9H2,1H3. The van der Waals surface area contributed by atoms with E-state index in [4.69, 9.17) is 4.74 Å². The first-order valence-corrected chi connectivity index (χ1v) is 7.56. The van der Waals surface area contributed by atoms with Gasteiger partial charge in [-0.15, -0.1) is 11.8 Å². The van der Waals surface area contributed by atoms with Gasteiger partial charge in [0, 0.05) is 22.8 Å². The van der Waals surface area contributed by atoms with E-state index in [1.165, 1.54) is 19.2 Å². The molecule has 1 heterocycles. The number of ether oxygens (including phenoxy) is 1. The Balaban J connectivity index is 1.95. The molecule has 0 fully saturated rings. The minimum Gasteiger partial charge on any atom is -0.494 e. The molecule has 1 amide bonds. The molecule has 5 heteroatoms. The number of anilines is 1. The van der Waals surface area contributed by atoms with Crippen LogP contribution in [0.5, 0.6) is 5.75 Å². The summed E-state index contributed by atoms with van der Waals surface area (Å²) in [5.74, 6) is 0.259. The zero-order valence-electron chi connectivity index (χ0n) is 11.5. The quantitative estimate of drug-likeness (QED) is 0.849. The number of amides is 1. The number of carbonyl (C=O) groups excluding carboxylic acids is 1. The van der Waals surface area contributed by atoms with E-state index in [0.29, 0.717) is 12.1 Å². The summed E-state index contributed by atoms with van der Waals surface area (Å²) in [4.78, 5) is 15.4. The third-order valence-electron chi connectivity index (χ3n) is 3.37. The maximum Gasteiger partial charge on any atom is 0.258 e. The summed E-state index contributed by atoms with van der Waals surface area (Å²) in [5.41, 5.74) is 1.21. The fourth-order valence-electron chi connectivity index (χ4n) is 2.34. The molecule has 0 spiro atoms. The fraction of sp³-hybridized carbons (Fsp3) is 0.188. The van der Waals surface area contributed by atoms with Crippen molar-refractivity contribution in [2.24, 2.45) is 0 Å². The Hall–Kier alpha value is -2.01. The van der Waals surface area contributed by atoms with Crippen molar-refractivity contribution in [1.29, 1.82) is 0 Å². The van der Waals surface area contributed by atoms with Crippen molar-refractivity contribution < 1.29 is 13.9 Å². The van der Waals surface area contributed by atoms with Crippen LogP contribution in [0.4, 0.5) is 10.1 Å². The van der Waals surface area contributed by atoms with Crippen LogP contribution in [0.15, 0.2) is 47.4 Å². The minimum atomic E-state index is -0.525. The Morgan fingerprint density at radius 3 is 2.86 bits per heavy atom. The molecule has 21 heavy (non-hydrogen) atoms. The lowest BCUT2D eigenvalue weighted by Crippen LogP contribution is -2.35. The number of carbonyl (C=O) groups is 1. The summed E-state index contributed by atoms with van der Waals surface area (Å²) in [6.07, 6.45) is 0. The van der Waals surface area contributed by atoms with Gasteiger partial charge in [0.2, 0.25) is 0 Å². The van der Waals surface area contributed by atoms with Crippen LogP contribution >= 0.6 is 11.8 Å². The first kappa shape index (κ1) is 13.9. The van der Waals surface area contributed by atoms with E-state index in [0.717, 1.165) is 16.3 Å². The van der Waals surface area contributed by atoms with Crippen LogP contribution in [-0.2, 0) is 0 Å². The van der Waals surface area contributed by atoms with Gasteiger partial charge in [-0.2, -0.15) is 0 Å². The lowest BCUT2D eigenvalue weighted by molar-refractivity contribution is 0.0987. The van der Waals surface area contributed by atoms with Crippen molar-refractivity contribution in [2.45, 2.75) is 4.90 Å². The van der Waals surface area contributed by atoms with Gasteiger partial charge < -0.3 is 9.64 Å². The molecule has 1 aliphatic rings. The predicted octanol–water partition coefficient (Wildman–Crippen LogP) is 3.59. The number of thioether (sulfide) groups is 1. The molecular formula is C16H14FNO2S. The number of methoxy groups -OCH3 is 1. The molecule has 0 atom stereocenters. The summed E-state index contributed by atoms with van der Waals surface area (Å²) in [6.45, 7) is 0.619. The SMILES string of the molecule is COc1ccc(C(=O)N2CCSc3ccccc32)cc1F. The van der Waals surface area contributed by atoms with E-state index in [9.17, 15) is 9.18 Å². The number of halogens is 1. The average Bonchev–Trinajstić information content (AvgIpc) is 2.53. The van der Waals surface area contributed by atoms with Gasteiger partial charge in [0.1, 0.15) is 0 Å². The van der Waals surface area contributed by atoms with Crippen molar-refractivity contribution in [3.8, 4) is 5.75 Å². The van der Waals surface area contributed by atoms with E-state index in [1.807, 2.05) is 24.3 Å². The average molecular weight is 303 g/mol. The van der Waals surface area contributed by atoms with Gasteiger partial charge in [0.25, 0.3) is 5.91 Å². The van der Waals surface area contributed by atoms with Crippen LogP contribution in [-0.4, -0.2) is 25.3 Å². The van der Waals surface area contributed by atoms with Crippen LogP contribution in [0.2, 0.25) is 0 Å². The lowest BCUT2D eigenvalue weighted by Gasteiger charge is -2.29. The summed E-state index contributed by atoms with van der Waals surface area (Å²) in [7, 11) is 1.40. The summed E-state index contributed by atoms with van der Waals surface area (Å²) in [5, 5.41) is 0. The second kappa shape index (κ2) is 5.77. The second-order valence-electron chi connectivity index (χ2n) is 4.62. The highest BCUT2D eigenvalue weighted by atomic mass is 32.2. The van der Waals surface area contributed by atoms with Crippen molar-refractivity contribution >= 4 is 23.4 Å². The van der Waals surface area contributed by atoms with Gasteiger partial charge in [-0.05, 0) is 30.3 Å². The first-order chi connectivity index (χ1) is 10.2. The van der Waals surface area contributed by atoms with Crippen molar-refractivity contribution in [3.63, 3.8) is 0 Å². The Morgan fingerprint density at radius 1 is 1.29 bits per heavy atom. The van der Waals surface area contributed by atoms with Crippen LogP contribution in [0.3, 0.4) is 0 Å². The number of rotatable bonds is 2. The fourth-order valence-corrected chi connectivity index (χ4v) is 3.33. The Kier molecular flexibility index (Phi) is 3.84. The van der Waals surface area contributed by atoms with E-state index >= 15 is 0 Å². The number of nitrogens with zero attached hydrogens (tertiary/aromatic N) is 1. The number of hydrogen-bond acceptors (Lipinski definition) is 3. The monoisotopic (exact) mass is 303 g/mol. The first-order valence-electron chi connectivity index (χ1n) is 6.58. The van der Waals surface area contributed by atoms with Gasteiger partial charge in [-0.1, -0.05) is 12.1 Å². The van der Waals surface area contributed by atoms with Crippen molar-refractivity contribution in [1.82, 2.24) is 0 Å². The molecule has 3 nitrogen and oxygen atoms in total. The maximum absolute atomic E-state index is 13.8. The molecule has 2 aromatic rings. The molecule has 2 aromatic carbocycles. The normalized spacial score (nSPS) is 13.7. The Bertz CT molecular complexity index is 690. The van der Waals surface area contributed by atoms with E-state index < -0.39 is 5.82 Å². The second-order valence-corrected chi connectivity index (χ2v) is 5.76. The highest BCUT2D eigenvalue weighted by Crippen LogP contribution is 2.35. The topological polar surface area (TPSA) is 29.5 Å². The third-order valence-corrected chi connectivity index (χ3v) is 4.42. The summed E-state index contributed by atoms with van der Waals surface area (Å²) < 4.78 is 18.7. The highest BCUT2D eigenvalue weighted by molar-refractivity contribution is 7.99. The zero-order valence-corrected chi connectivity index (χ0v) is 12.3. The number of hydrogen-bond donors (Lipinski definition) is 0. The van der Waals surface area contributed by atoms with Gasteiger partial charge in [0.05, 0.1) is 12.8 Å². The van der Waals surface area contributed by atoms with Gasteiger partial charge in [-0.25, -0.2) is 4.39 Å². The molecular weight excluding hydrogens is 289 g/mol. The Labute approximate surface area is 126 Å². The van der Waals surface area contributed by atoms with Crippen LogP contribution in [0.1, 0.15) is 10.4 Å². The van der Waals surface area contributed by atoms with E-state index in [-0.39, 0.29) is 11.7 Å².